The van der Waals surface area contributed by atoms with Crippen LogP contribution in [0.25, 0.3) is 32.3 Å². The third kappa shape index (κ3) is 6.08. The molecular formula is C35H31BrN4O5S. The number of nitrogens with one attached hydrogen (secondary N) is 2. The van der Waals surface area contributed by atoms with Gasteiger partial charge in [0, 0.05) is 55.2 Å². The van der Waals surface area contributed by atoms with E-state index in [4.69, 9.17) is 10.5 Å². The van der Waals surface area contributed by atoms with Gasteiger partial charge in [0.1, 0.15) is 11.6 Å². The predicted octanol–water partition coefficient (Wildman–Crippen LogP) is 7.64. The molecule has 5 N–H and O–H groups in total. The second kappa shape index (κ2) is 12.9. The fraction of sp³-hybridized carbons (Fsp3) is 0.200. The topological polar surface area (TPSA) is 144 Å². The molecule has 1 aliphatic rings. The maximum Gasteiger partial charge on any atom is 0.336 e. The number of thiophene rings is 1. The number of ether oxygens (including phenoxy) is 1. The number of nitrogens with zero attached hydrogens (tertiary/aromatic N) is 1. The number of carbonyl (C=O) groups is 3. The van der Waals surface area contributed by atoms with Crippen LogP contribution < -0.4 is 21.1 Å². The number of hydrogen-bond donors (Lipinski definition) is 4. The zero-order valence-corrected chi connectivity index (χ0v) is 27.6. The second-order valence-corrected chi connectivity index (χ2v) is 13.2. The van der Waals surface area contributed by atoms with Crippen molar-refractivity contribution in [2.24, 2.45) is 5.92 Å². The van der Waals surface area contributed by atoms with Crippen LogP contribution in [0, 0.1) is 5.92 Å². The van der Waals surface area contributed by atoms with Gasteiger partial charge in [0.15, 0.2) is 0 Å². The van der Waals surface area contributed by atoms with E-state index < -0.39 is 11.9 Å². The van der Waals surface area contributed by atoms with Crippen LogP contribution >= 0.6 is 27.3 Å². The van der Waals surface area contributed by atoms with E-state index in [1.807, 2.05) is 19.2 Å². The zero-order valence-electron chi connectivity index (χ0n) is 25.1. The smallest absolute Gasteiger partial charge is 0.336 e. The number of aromatic nitrogens is 1. The Morgan fingerprint density at radius 1 is 1.00 bits per heavy atom. The Bertz CT molecular complexity index is 2020. The summed E-state index contributed by atoms with van der Waals surface area (Å²) in [6, 6.07) is 15.4. The molecule has 0 spiro atoms. The summed E-state index contributed by atoms with van der Waals surface area (Å²) in [5, 5.41) is 19.6. The first-order valence-electron chi connectivity index (χ1n) is 14.8. The number of hydrogen-bond acceptors (Lipinski definition) is 7. The number of fused-ring (bicyclic) bond motifs is 4. The van der Waals surface area contributed by atoms with Gasteiger partial charge < -0.3 is 26.2 Å². The number of anilines is 2. The maximum atomic E-state index is 14.3. The van der Waals surface area contributed by atoms with Crippen LogP contribution in [0.2, 0.25) is 0 Å². The summed E-state index contributed by atoms with van der Waals surface area (Å²) >= 11 is 5.09. The third-order valence-corrected chi connectivity index (χ3v) is 9.69. The summed E-state index contributed by atoms with van der Waals surface area (Å²) < 4.78 is 6.89. The Labute approximate surface area is 277 Å². The lowest BCUT2D eigenvalue weighted by Crippen LogP contribution is -2.27. The van der Waals surface area contributed by atoms with Crippen molar-refractivity contribution in [1.82, 2.24) is 10.3 Å². The van der Waals surface area contributed by atoms with Gasteiger partial charge >= 0.3 is 5.97 Å². The number of nitrogen functional groups attached to an aromatic ring is 1. The minimum absolute atomic E-state index is 0.114. The number of aryl methyl sites for hydroxylation is 1. The van der Waals surface area contributed by atoms with E-state index in [1.165, 1.54) is 6.07 Å². The Morgan fingerprint density at radius 3 is 2.61 bits per heavy atom. The van der Waals surface area contributed by atoms with E-state index in [1.54, 1.807) is 60.0 Å². The molecule has 0 bridgehead atoms. The zero-order chi connectivity index (χ0) is 32.5. The molecule has 3 aromatic carbocycles. The van der Waals surface area contributed by atoms with E-state index in [0.29, 0.717) is 45.8 Å². The largest absolute Gasteiger partial charge is 0.493 e. The number of carboxylic acids is 1. The highest BCUT2D eigenvalue weighted by molar-refractivity contribution is 9.10. The summed E-state index contributed by atoms with van der Waals surface area (Å²) in [6.45, 7) is 4.86. The standard InChI is InChI=1S/C35H31BrN4O5S/c1-18(2)17-39-33(41)20-5-6-21(26(14-20)35(43)44)24-16-29-27(31-19(10-13-46-31)4-3-12-45-29)15-25(24)34(42)40-32-23-7-8-28(37)30(36)22(23)9-11-38-32/h5-11,13-16,18H,3-4,12,17,37H2,1-2H3,(H,39,41)(H,43,44)(H,38,40,42). The van der Waals surface area contributed by atoms with Crippen molar-refractivity contribution in [2.75, 3.05) is 24.2 Å². The highest BCUT2D eigenvalue weighted by Crippen LogP contribution is 2.43. The van der Waals surface area contributed by atoms with Gasteiger partial charge in [0.25, 0.3) is 11.8 Å². The normalized spacial score (nSPS) is 12.4. The first kappa shape index (κ1) is 31.3. The van der Waals surface area contributed by atoms with E-state index in [-0.39, 0.29) is 34.1 Å². The molecule has 3 heterocycles. The van der Waals surface area contributed by atoms with Crippen LogP contribution in [0.15, 0.2) is 70.6 Å². The third-order valence-electron chi connectivity index (χ3n) is 7.82. The van der Waals surface area contributed by atoms with Crippen molar-refractivity contribution in [2.45, 2.75) is 26.7 Å². The van der Waals surface area contributed by atoms with E-state index >= 15 is 0 Å². The van der Waals surface area contributed by atoms with Gasteiger partial charge in [-0.05, 0) is 105 Å². The van der Waals surface area contributed by atoms with Crippen LogP contribution in [-0.4, -0.2) is 41.0 Å². The van der Waals surface area contributed by atoms with E-state index in [9.17, 15) is 19.5 Å². The summed E-state index contributed by atoms with van der Waals surface area (Å²) in [7, 11) is 0. The maximum absolute atomic E-state index is 14.3. The van der Waals surface area contributed by atoms with Crippen molar-refractivity contribution in [1.29, 1.82) is 0 Å². The summed E-state index contributed by atoms with van der Waals surface area (Å²) in [5.41, 5.74) is 9.51. The number of halogens is 1. The molecule has 11 heteroatoms. The van der Waals surface area contributed by atoms with Gasteiger partial charge in [-0.3, -0.25) is 9.59 Å². The number of nitrogens with two attached hydrogens (primary N) is 1. The van der Waals surface area contributed by atoms with Crippen LogP contribution in [0.5, 0.6) is 5.75 Å². The van der Waals surface area contributed by atoms with Gasteiger partial charge in [-0.2, -0.15) is 0 Å². The van der Waals surface area contributed by atoms with E-state index in [0.717, 1.165) is 34.2 Å². The number of amides is 2. The Balaban J connectivity index is 1.52. The summed E-state index contributed by atoms with van der Waals surface area (Å²) in [4.78, 5) is 45.2. The molecule has 0 saturated heterocycles. The van der Waals surface area contributed by atoms with Crippen LogP contribution in [0.1, 0.15) is 56.9 Å². The van der Waals surface area contributed by atoms with Gasteiger partial charge in [-0.25, -0.2) is 9.78 Å². The quantitative estimate of drug-likeness (QED) is 0.128. The van der Waals surface area contributed by atoms with E-state index in [2.05, 4.69) is 37.6 Å². The molecule has 0 fully saturated rings. The summed E-state index contributed by atoms with van der Waals surface area (Å²) in [5.74, 6) is -0.989. The molecule has 0 atom stereocenters. The molecule has 0 radical (unpaired) electrons. The lowest BCUT2D eigenvalue weighted by Gasteiger charge is -2.21. The Hall–Kier alpha value is -4.74. The van der Waals surface area contributed by atoms with Crippen molar-refractivity contribution in [3.05, 3.63) is 92.9 Å². The highest BCUT2D eigenvalue weighted by Gasteiger charge is 2.26. The predicted molar refractivity (Wildman–Crippen MR) is 185 cm³/mol. The fourth-order valence-electron chi connectivity index (χ4n) is 5.51. The summed E-state index contributed by atoms with van der Waals surface area (Å²) in [6.07, 6.45) is 3.23. The van der Waals surface area contributed by atoms with Crippen molar-refractivity contribution in [3.8, 4) is 27.3 Å². The van der Waals surface area contributed by atoms with Crippen molar-refractivity contribution in [3.63, 3.8) is 0 Å². The van der Waals surface area contributed by atoms with Gasteiger partial charge in [0.2, 0.25) is 0 Å². The molecule has 234 valence electrons. The molecule has 2 aromatic heterocycles. The van der Waals surface area contributed by atoms with Crippen LogP contribution in [0.3, 0.4) is 0 Å². The first-order valence-corrected chi connectivity index (χ1v) is 16.5. The van der Waals surface area contributed by atoms with Gasteiger partial charge in [-0.1, -0.05) is 19.9 Å². The SMILES string of the molecule is CC(C)CNC(=O)c1ccc(-c2cc3c(cc2C(=O)Nc2nccc4c(Br)c(N)ccc24)-c2sccc2CCCO3)c(C(=O)O)c1. The van der Waals surface area contributed by atoms with Crippen LogP contribution in [-0.2, 0) is 6.42 Å². The highest BCUT2D eigenvalue weighted by atomic mass is 79.9. The average Bonchev–Trinajstić information content (AvgIpc) is 3.49. The molecule has 9 nitrogen and oxygen atoms in total. The molecule has 1 aliphatic heterocycles. The monoisotopic (exact) mass is 698 g/mol. The number of rotatable bonds is 7. The minimum atomic E-state index is -1.23. The molecule has 0 aliphatic carbocycles. The molecule has 6 rings (SSSR count). The fourth-order valence-corrected chi connectivity index (χ4v) is 6.96. The molecule has 2 amide bonds. The lowest BCUT2D eigenvalue weighted by molar-refractivity contribution is 0.0697. The Kier molecular flexibility index (Phi) is 8.79. The molecule has 5 aromatic rings. The molecule has 0 saturated carbocycles. The number of aromatic carboxylic acids is 1. The average molecular weight is 700 g/mol. The molecular weight excluding hydrogens is 668 g/mol. The number of carbonyl (C=O) groups excluding carboxylic acids is 2. The first-order chi connectivity index (χ1) is 22.1. The number of pyridine rings is 1. The Morgan fingerprint density at radius 2 is 1.83 bits per heavy atom. The van der Waals surface area contributed by atoms with Crippen molar-refractivity contribution < 1.29 is 24.2 Å². The van der Waals surface area contributed by atoms with Gasteiger partial charge in [-0.15, -0.1) is 11.3 Å². The van der Waals surface area contributed by atoms with Crippen LogP contribution in [0.4, 0.5) is 11.5 Å². The minimum Gasteiger partial charge on any atom is -0.493 e. The molecule has 46 heavy (non-hydrogen) atoms. The second-order valence-electron chi connectivity index (χ2n) is 11.5. The molecule has 0 unspecified atom stereocenters. The number of benzene rings is 3. The van der Waals surface area contributed by atoms with Gasteiger partial charge in [0.05, 0.1) is 12.2 Å². The number of carboxylic acid groups (broad SMARTS) is 1. The van der Waals surface area contributed by atoms with Crippen molar-refractivity contribution >= 4 is 67.3 Å². The lowest BCUT2D eigenvalue weighted by atomic mass is 9.90.